The second kappa shape index (κ2) is 5.78. The summed E-state index contributed by atoms with van der Waals surface area (Å²) in [4.78, 5) is 11.4. The predicted molar refractivity (Wildman–Crippen MR) is 55.1 cm³/mol. The third-order valence-electron chi connectivity index (χ3n) is 1.92. The second-order valence-electron chi connectivity index (χ2n) is 3.57. The minimum Gasteiger partial charge on any atom is -0.461 e. The summed E-state index contributed by atoms with van der Waals surface area (Å²) in [5.74, 6) is -0.340. The van der Waals surface area contributed by atoms with Gasteiger partial charge in [0, 0.05) is 7.11 Å². The summed E-state index contributed by atoms with van der Waals surface area (Å²) in [6.07, 6.45) is 1.50. The highest BCUT2D eigenvalue weighted by Gasteiger charge is 2.21. The molecule has 0 aromatic carbocycles. The van der Waals surface area contributed by atoms with Crippen LogP contribution in [0.3, 0.4) is 0 Å². The van der Waals surface area contributed by atoms with Crippen LogP contribution >= 0.6 is 0 Å². The highest BCUT2D eigenvalue weighted by molar-refractivity contribution is 5.77. The highest BCUT2D eigenvalue weighted by atomic mass is 16.6. The summed E-state index contributed by atoms with van der Waals surface area (Å²) in [7, 11) is 3.26. The van der Waals surface area contributed by atoms with Crippen molar-refractivity contribution in [2.45, 2.75) is 25.5 Å². The van der Waals surface area contributed by atoms with Crippen LogP contribution < -0.4 is 5.32 Å². The maximum atomic E-state index is 11.4. The summed E-state index contributed by atoms with van der Waals surface area (Å²) in [5, 5.41) is 2.77. The normalized spacial score (nSPS) is 13.4. The molecule has 0 saturated heterocycles. The van der Waals surface area contributed by atoms with Crippen LogP contribution in [0.4, 0.5) is 0 Å². The SMILES string of the molecule is C=C[C@H](NC)C(=O)OCC(C)(C)OC. The zero-order valence-electron chi connectivity index (χ0n) is 9.29. The largest absolute Gasteiger partial charge is 0.461 e. The summed E-state index contributed by atoms with van der Waals surface area (Å²) in [6.45, 7) is 7.45. The Bertz CT molecular complexity index is 202. The van der Waals surface area contributed by atoms with E-state index < -0.39 is 11.6 Å². The van der Waals surface area contributed by atoms with Gasteiger partial charge in [-0.05, 0) is 20.9 Å². The van der Waals surface area contributed by atoms with Gasteiger partial charge in [-0.15, -0.1) is 6.58 Å². The van der Waals surface area contributed by atoms with Crippen molar-refractivity contribution in [3.63, 3.8) is 0 Å². The first-order valence-electron chi connectivity index (χ1n) is 4.48. The number of carbonyl (C=O) groups is 1. The van der Waals surface area contributed by atoms with E-state index in [0.29, 0.717) is 0 Å². The number of likely N-dealkylation sites (N-methyl/N-ethyl adjacent to an activating group) is 1. The quantitative estimate of drug-likeness (QED) is 0.508. The Morgan fingerprint density at radius 1 is 1.64 bits per heavy atom. The summed E-state index contributed by atoms with van der Waals surface area (Å²) in [6, 6.07) is -0.456. The third-order valence-corrected chi connectivity index (χ3v) is 1.92. The van der Waals surface area contributed by atoms with Crippen LogP contribution in [0.1, 0.15) is 13.8 Å². The zero-order valence-corrected chi connectivity index (χ0v) is 9.29. The van der Waals surface area contributed by atoms with Gasteiger partial charge in [0.25, 0.3) is 0 Å². The Labute approximate surface area is 85.3 Å². The molecule has 4 nitrogen and oxygen atoms in total. The molecule has 0 spiro atoms. The minimum absolute atomic E-state index is 0.231. The predicted octanol–water partition coefficient (Wildman–Crippen LogP) is 0.729. The van der Waals surface area contributed by atoms with Crippen molar-refractivity contribution >= 4 is 5.97 Å². The number of hydrogen-bond acceptors (Lipinski definition) is 4. The number of nitrogens with one attached hydrogen (secondary N) is 1. The van der Waals surface area contributed by atoms with Crippen molar-refractivity contribution < 1.29 is 14.3 Å². The molecule has 0 fully saturated rings. The molecule has 0 radical (unpaired) electrons. The van der Waals surface area contributed by atoms with E-state index in [2.05, 4.69) is 11.9 Å². The van der Waals surface area contributed by atoms with Crippen molar-refractivity contribution in [3.8, 4) is 0 Å². The molecule has 0 aromatic rings. The second-order valence-corrected chi connectivity index (χ2v) is 3.57. The van der Waals surface area contributed by atoms with Crippen molar-refractivity contribution in [2.24, 2.45) is 0 Å². The lowest BCUT2D eigenvalue weighted by Crippen LogP contribution is -2.38. The topological polar surface area (TPSA) is 47.6 Å². The van der Waals surface area contributed by atoms with Crippen LogP contribution in [0.15, 0.2) is 12.7 Å². The van der Waals surface area contributed by atoms with Crippen LogP contribution in [0.25, 0.3) is 0 Å². The van der Waals surface area contributed by atoms with Crippen molar-refractivity contribution in [2.75, 3.05) is 20.8 Å². The van der Waals surface area contributed by atoms with Gasteiger partial charge < -0.3 is 14.8 Å². The lowest BCUT2D eigenvalue weighted by atomic mass is 10.1. The molecule has 0 aliphatic rings. The average molecular weight is 201 g/mol. The van der Waals surface area contributed by atoms with Crippen molar-refractivity contribution in [1.29, 1.82) is 0 Å². The van der Waals surface area contributed by atoms with Gasteiger partial charge in [-0.25, -0.2) is 0 Å². The molecule has 82 valence electrons. The van der Waals surface area contributed by atoms with E-state index >= 15 is 0 Å². The molecular formula is C10H19NO3. The number of hydrogen-bond donors (Lipinski definition) is 1. The van der Waals surface area contributed by atoms with Gasteiger partial charge in [0.2, 0.25) is 0 Å². The first-order chi connectivity index (χ1) is 6.46. The van der Waals surface area contributed by atoms with E-state index in [9.17, 15) is 4.79 Å². The molecule has 0 amide bonds. The molecule has 0 heterocycles. The van der Waals surface area contributed by atoms with E-state index in [1.807, 2.05) is 13.8 Å². The van der Waals surface area contributed by atoms with E-state index in [4.69, 9.17) is 9.47 Å². The van der Waals surface area contributed by atoms with Gasteiger partial charge in [-0.3, -0.25) is 4.79 Å². The van der Waals surface area contributed by atoms with Crippen LogP contribution in [0, 0.1) is 0 Å². The monoisotopic (exact) mass is 201 g/mol. The fourth-order valence-corrected chi connectivity index (χ4v) is 0.726. The highest BCUT2D eigenvalue weighted by Crippen LogP contribution is 2.08. The lowest BCUT2D eigenvalue weighted by Gasteiger charge is -2.23. The van der Waals surface area contributed by atoms with Crippen LogP contribution in [0.5, 0.6) is 0 Å². The van der Waals surface area contributed by atoms with Gasteiger partial charge >= 0.3 is 5.97 Å². The van der Waals surface area contributed by atoms with E-state index in [-0.39, 0.29) is 12.6 Å². The minimum atomic E-state index is -0.456. The first-order valence-corrected chi connectivity index (χ1v) is 4.48. The maximum Gasteiger partial charge on any atom is 0.327 e. The maximum absolute atomic E-state index is 11.4. The van der Waals surface area contributed by atoms with Crippen molar-refractivity contribution in [1.82, 2.24) is 5.32 Å². The molecule has 0 aliphatic carbocycles. The Morgan fingerprint density at radius 3 is 2.57 bits per heavy atom. The molecule has 0 unspecified atom stereocenters. The van der Waals surface area contributed by atoms with E-state index in [1.165, 1.54) is 6.08 Å². The van der Waals surface area contributed by atoms with E-state index in [1.54, 1.807) is 14.2 Å². The van der Waals surface area contributed by atoms with Gasteiger partial charge in [0.05, 0.1) is 5.60 Å². The molecule has 0 aromatic heterocycles. The van der Waals surface area contributed by atoms with Gasteiger partial charge in [0.1, 0.15) is 12.6 Å². The zero-order chi connectivity index (χ0) is 11.2. The Kier molecular flexibility index (Phi) is 5.42. The number of rotatable bonds is 6. The molecule has 0 aliphatic heterocycles. The van der Waals surface area contributed by atoms with Gasteiger partial charge in [-0.1, -0.05) is 6.08 Å². The Morgan fingerprint density at radius 2 is 2.21 bits per heavy atom. The molecule has 0 rings (SSSR count). The third kappa shape index (κ3) is 4.39. The fourth-order valence-electron chi connectivity index (χ4n) is 0.726. The Hall–Kier alpha value is -0.870. The summed E-state index contributed by atoms with van der Waals surface area (Å²) < 4.78 is 10.2. The smallest absolute Gasteiger partial charge is 0.327 e. The molecule has 1 atom stereocenters. The summed E-state index contributed by atoms with van der Waals surface area (Å²) >= 11 is 0. The molecule has 0 bridgehead atoms. The Balaban J connectivity index is 4.01. The molecule has 0 saturated carbocycles. The van der Waals surface area contributed by atoms with Crippen LogP contribution in [-0.4, -0.2) is 38.4 Å². The van der Waals surface area contributed by atoms with Gasteiger partial charge in [0.15, 0.2) is 0 Å². The number of carbonyl (C=O) groups excluding carboxylic acids is 1. The van der Waals surface area contributed by atoms with Crippen LogP contribution in [0.2, 0.25) is 0 Å². The first kappa shape index (κ1) is 13.1. The molecule has 1 N–H and O–H groups in total. The molecule has 4 heteroatoms. The van der Waals surface area contributed by atoms with Gasteiger partial charge in [-0.2, -0.15) is 0 Å². The number of esters is 1. The lowest BCUT2D eigenvalue weighted by molar-refractivity contribution is -0.152. The van der Waals surface area contributed by atoms with Crippen LogP contribution in [-0.2, 0) is 14.3 Å². The summed E-state index contributed by atoms with van der Waals surface area (Å²) in [5.41, 5.74) is -0.449. The van der Waals surface area contributed by atoms with E-state index in [0.717, 1.165) is 0 Å². The number of methoxy groups -OCH3 is 1. The molecular weight excluding hydrogens is 182 g/mol. The average Bonchev–Trinajstić information content (AvgIpc) is 2.17. The standard InChI is InChI=1S/C10H19NO3/c1-6-8(11-4)9(12)14-7-10(2,3)13-5/h6,8,11H,1,7H2,2-5H3/t8-/m0/s1. The number of ether oxygens (including phenoxy) is 2. The van der Waals surface area contributed by atoms with Crippen molar-refractivity contribution in [3.05, 3.63) is 12.7 Å². The molecule has 14 heavy (non-hydrogen) atoms. The fraction of sp³-hybridized carbons (Fsp3) is 0.700.